The van der Waals surface area contributed by atoms with Crippen LogP contribution in [0.4, 0.5) is 0 Å². The van der Waals surface area contributed by atoms with E-state index in [1.807, 2.05) is 29.0 Å². The highest BCUT2D eigenvalue weighted by atomic mass is 79.9. The molecule has 82 valence electrons. The van der Waals surface area contributed by atoms with Crippen LogP contribution in [-0.4, -0.2) is 20.7 Å². The fourth-order valence-electron chi connectivity index (χ4n) is 1.37. The van der Waals surface area contributed by atoms with Crippen molar-refractivity contribution in [3.63, 3.8) is 0 Å². The molecule has 0 bridgehead atoms. The first-order valence-corrected chi connectivity index (χ1v) is 6.51. The van der Waals surface area contributed by atoms with Crippen molar-refractivity contribution in [3.8, 4) is 5.69 Å². The first kappa shape index (κ1) is 11.5. The first-order chi connectivity index (χ1) is 7.72. The molecule has 1 aromatic heterocycles. The van der Waals surface area contributed by atoms with E-state index in [0.29, 0.717) is 10.9 Å². The summed E-state index contributed by atoms with van der Waals surface area (Å²) in [5, 5.41) is 0.337. The smallest absolute Gasteiger partial charge is 0.173 e. The van der Waals surface area contributed by atoms with Gasteiger partial charge in [0.05, 0.1) is 17.3 Å². The number of nitrogens with zero attached hydrogens (tertiary/aromatic N) is 2. The Morgan fingerprint density at radius 1 is 1.44 bits per heavy atom. The van der Waals surface area contributed by atoms with Crippen molar-refractivity contribution in [2.24, 2.45) is 0 Å². The van der Waals surface area contributed by atoms with Gasteiger partial charge in [0.1, 0.15) is 0 Å². The molecule has 0 unspecified atom stereocenters. The number of hydrogen-bond acceptors (Lipinski definition) is 2. The van der Waals surface area contributed by atoms with Crippen molar-refractivity contribution in [2.45, 2.75) is 0 Å². The van der Waals surface area contributed by atoms with Crippen molar-refractivity contribution in [3.05, 3.63) is 47.0 Å². The number of rotatable bonds is 3. The normalized spacial score (nSPS) is 10.4. The molecule has 16 heavy (non-hydrogen) atoms. The molecule has 0 radical (unpaired) electrons. The lowest BCUT2D eigenvalue weighted by atomic mass is 10.1. The maximum absolute atomic E-state index is 11.5. The third-order valence-corrected chi connectivity index (χ3v) is 3.32. The highest BCUT2D eigenvalue weighted by Crippen LogP contribution is 2.22. The molecule has 1 heterocycles. The largest absolute Gasteiger partial charge is 0.305 e. The summed E-state index contributed by atoms with van der Waals surface area (Å²) in [6, 6.07) is 5.52. The summed E-state index contributed by atoms with van der Waals surface area (Å²) in [6.45, 7) is 0. The SMILES string of the molecule is O=C(CBr)c1ccc(-n2ccnc2)c(Br)c1. The maximum Gasteiger partial charge on any atom is 0.173 e. The molecular weight excluding hydrogens is 336 g/mol. The van der Waals surface area contributed by atoms with Gasteiger partial charge in [-0.2, -0.15) is 0 Å². The minimum absolute atomic E-state index is 0.0675. The number of aromatic nitrogens is 2. The van der Waals surface area contributed by atoms with Crippen LogP contribution >= 0.6 is 31.9 Å². The lowest BCUT2D eigenvalue weighted by Crippen LogP contribution is -2.01. The van der Waals surface area contributed by atoms with E-state index in [9.17, 15) is 4.79 Å². The third-order valence-electron chi connectivity index (χ3n) is 2.17. The van der Waals surface area contributed by atoms with Crippen LogP contribution in [-0.2, 0) is 0 Å². The zero-order chi connectivity index (χ0) is 11.5. The van der Waals surface area contributed by atoms with Crippen molar-refractivity contribution < 1.29 is 4.79 Å². The van der Waals surface area contributed by atoms with Crippen LogP contribution in [0.2, 0.25) is 0 Å². The van der Waals surface area contributed by atoms with Gasteiger partial charge in [0.2, 0.25) is 0 Å². The molecule has 0 saturated heterocycles. The first-order valence-electron chi connectivity index (χ1n) is 4.59. The zero-order valence-electron chi connectivity index (χ0n) is 8.23. The van der Waals surface area contributed by atoms with Crippen molar-refractivity contribution in [1.29, 1.82) is 0 Å². The Balaban J connectivity index is 2.41. The Bertz CT molecular complexity index is 509. The van der Waals surface area contributed by atoms with Crippen molar-refractivity contribution in [1.82, 2.24) is 9.55 Å². The number of halogens is 2. The van der Waals surface area contributed by atoms with E-state index in [-0.39, 0.29) is 5.78 Å². The topological polar surface area (TPSA) is 34.9 Å². The predicted octanol–water partition coefficient (Wildman–Crippen LogP) is 3.21. The van der Waals surface area contributed by atoms with Crippen LogP contribution in [0.25, 0.3) is 5.69 Å². The summed E-state index contributed by atoms with van der Waals surface area (Å²) in [6.07, 6.45) is 5.28. The number of imidazole rings is 1. The standard InChI is InChI=1S/C11H8Br2N2O/c12-6-11(16)8-1-2-10(9(13)5-8)15-4-3-14-7-15/h1-5,7H,6H2. The highest BCUT2D eigenvalue weighted by molar-refractivity contribution is 9.10. The second-order valence-corrected chi connectivity index (χ2v) is 4.61. The molecule has 0 fully saturated rings. The molecule has 1 aromatic carbocycles. The molecule has 2 aromatic rings. The minimum Gasteiger partial charge on any atom is -0.305 e. The van der Waals surface area contributed by atoms with E-state index in [4.69, 9.17) is 0 Å². The quantitative estimate of drug-likeness (QED) is 0.633. The van der Waals surface area contributed by atoms with Gasteiger partial charge in [-0.15, -0.1) is 0 Å². The van der Waals surface area contributed by atoms with Gasteiger partial charge in [0, 0.05) is 22.4 Å². The lowest BCUT2D eigenvalue weighted by molar-refractivity contribution is 0.102. The monoisotopic (exact) mass is 342 g/mol. The molecule has 0 atom stereocenters. The molecule has 0 N–H and O–H groups in total. The van der Waals surface area contributed by atoms with Gasteiger partial charge in [0.25, 0.3) is 0 Å². The van der Waals surface area contributed by atoms with E-state index in [0.717, 1.165) is 10.2 Å². The second-order valence-electron chi connectivity index (χ2n) is 3.19. The number of benzene rings is 1. The Morgan fingerprint density at radius 2 is 2.25 bits per heavy atom. The number of carbonyl (C=O) groups excluding carboxylic acids is 1. The average molecular weight is 344 g/mol. The zero-order valence-corrected chi connectivity index (χ0v) is 11.4. The number of carbonyl (C=O) groups is 1. The Morgan fingerprint density at radius 3 is 2.81 bits per heavy atom. The van der Waals surface area contributed by atoms with E-state index in [1.165, 1.54) is 0 Å². The third kappa shape index (κ3) is 2.25. The summed E-state index contributed by atoms with van der Waals surface area (Å²) in [5.74, 6) is 0.0675. The molecule has 0 aliphatic carbocycles. The number of hydrogen-bond donors (Lipinski definition) is 0. The fourth-order valence-corrected chi connectivity index (χ4v) is 2.28. The van der Waals surface area contributed by atoms with Gasteiger partial charge < -0.3 is 4.57 Å². The number of ketones is 1. The van der Waals surface area contributed by atoms with E-state index >= 15 is 0 Å². The Labute approximate surface area is 110 Å². The molecule has 0 aliphatic rings. The fraction of sp³-hybridized carbons (Fsp3) is 0.0909. The summed E-state index contributed by atoms with van der Waals surface area (Å²) < 4.78 is 2.75. The highest BCUT2D eigenvalue weighted by Gasteiger charge is 2.07. The van der Waals surface area contributed by atoms with Gasteiger partial charge >= 0.3 is 0 Å². The van der Waals surface area contributed by atoms with Crippen LogP contribution in [0.5, 0.6) is 0 Å². The van der Waals surface area contributed by atoms with Gasteiger partial charge in [-0.1, -0.05) is 15.9 Å². The van der Waals surface area contributed by atoms with Crippen molar-refractivity contribution >= 4 is 37.6 Å². The molecule has 0 amide bonds. The van der Waals surface area contributed by atoms with Gasteiger partial charge in [-0.05, 0) is 34.1 Å². The number of alkyl halides is 1. The summed E-state index contributed by atoms with van der Waals surface area (Å²) in [4.78, 5) is 15.5. The van der Waals surface area contributed by atoms with Gasteiger partial charge in [-0.3, -0.25) is 4.79 Å². The molecular formula is C11H8Br2N2O. The van der Waals surface area contributed by atoms with Crippen LogP contribution in [0.1, 0.15) is 10.4 Å². The molecule has 0 saturated carbocycles. The molecule has 0 aliphatic heterocycles. The van der Waals surface area contributed by atoms with Crippen LogP contribution in [0, 0.1) is 0 Å². The molecule has 5 heteroatoms. The summed E-state index contributed by atoms with van der Waals surface area (Å²) >= 11 is 6.60. The average Bonchev–Trinajstić information content (AvgIpc) is 2.81. The Kier molecular flexibility index (Phi) is 3.56. The van der Waals surface area contributed by atoms with Crippen LogP contribution in [0.15, 0.2) is 41.4 Å². The van der Waals surface area contributed by atoms with Gasteiger partial charge in [0.15, 0.2) is 5.78 Å². The van der Waals surface area contributed by atoms with E-state index in [2.05, 4.69) is 36.8 Å². The van der Waals surface area contributed by atoms with E-state index < -0.39 is 0 Å². The predicted molar refractivity (Wildman–Crippen MR) is 69.4 cm³/mol. The Hall–Kier alpha value is -0.940. The van der Waals surface area contributed by atoms with Crippen LogP contribution in [0.3, 0.4) is 0 Å². The van der Waals surface area contributed by atoms with E-state index in [1.54, 1.807) is 12.5 Å². The molecule has 3 nitrogen and oxygen atoms in total. The lowest BCUT2D eigenvalue weighted by Gasteiger charge is -2.06. The molecule has 2 rings (SSSR count). The summed E-state index contributed by atoms with van der Waals surface area (Å²) in [5.41, 5.74) is 1.65. The number of Topliss-reactive ketones (excluding diaryl/α,β-unsaturated/α-hetero) is 1. The molecule has 0 spiro atoms. The summed E-state index contributed by atoms with van der Waals surface area (Å²) in [7, 11) is 0. The minimum atomic E-state index is 0.0675. The van der Waals surface area contributed by atoms with Crippen LogP contribution < -0.4 is 0 Å². The van der Waals surface area contributed by atoms with Crippen molar-refractivity contribution in [2.75, 3.05) is 5.33 Å². The second kappa shape index (κ2) is 4.93. The maximum atomic E-state index is 11.5. The van der Waals surface area contributed by atoms with Gasteiger partial charge in [-0.25, -0.2) is 4.98 Å².